The van der Waals surface area contributed by atoms with Crippen LogP contribution in [-0.4, -0.2) is 26.9 Å². The second-order valence-electron chi connectivity index (χ2n) is 4.24. The fourth-order valence-corrected chi connectivity index (χ4v) is 2.28. The van der Waals surface area contributed by atoms with Gasteiger partial charge in [0.1, 0.15) is 11.6 Å². The molecule has 0 unspecified atom stereocenters. The Balaban J connectivity index is 2.25. The Hall–Kier alpha value is -2.54. The molecule has 7 heteroatoms. The third-order valence-corrected chi connectivity index (χ3v) is 3.27. The number of hydrogen-bond acceptors (Lipinski definition) is 4. The Kier molecular flexibility index (Phi) is 3.49. The number of aromatic nitrogens is 4. The van der Waals surface area contributed by atoms with Crippen molar-refractivity contribution in [2.45, 2.75) is 0 Å². The summed E-state index contributed by atoms with van der Waals surface area (Å²) < 4.78 is 20.7. The first-order chi connectivity index (χ1) is 10.2. The number of nitrogens with zero attached hydrogens (tertiary/aromatic N) is 3. The van der Waals surface area contributed by atoms with Crippen molar-refractivity contribution in [2.24, 2.45) is 0 Å². The smallest absolute Gasteiger partial charge is 0.200 e. The molecule has 3 aromatic rings. The molecule has 0 amide bonds. The lowest BCUT2D eigenvalue weighted by molar-refractivity contribution is 0.409. The summed E-state index contributed by atoms with van der Waals surface area (Å²) in [5, 5.41) is 6.98. The summed E-state index contributed by atoms with van der Waals surface area (Å²) in [5.74, 6) is 0.603. The first kappa shape index (κ1) is 13.4. The zero-order chi connectivity index (χ0) is 14.8. The number of pyridine rings is 1. The van der Waals surface area contributed by atoms with Crippen molar-refractivity contribution in [3.63, 3.8) is 0 Å². The van der Waals surface area contributed by atoms with Crippen LogP contribution >= 0.6 is 12.2 Å². The predicted molar refractivity (Wildman–Crippen MR) is 78.5 cm³/mol. The van der Waals surface area contributed by atoms with Crippen LogP contribution in [0.1, 0.15) is 0 Å². The van der Waals surface area contributed by atoms with Crippen molar-refractivity contribution in [1.82, 2.24) is 19.7 Å². The normalized spacial score (nSPS) is 10.6. The number of hydrogen-bond donors (Lipinski definition) is 1. The van der Waals surface area contributed by atoms with E-state index in [1.54, 1.807) is 23.0 Å². The number of H-pyrrole nitrogens is 1. The van der Waals surface area contributed by atoms with E-state index >= 15 is 0 Å². The van der Waals surface area contributed by atoms with E-state index in [0.29, 0.717) is 22.0 Å². The van der Waals surface area contributed by atoms with Crippen molar-refractivity contribution in [3.8, 4) is 22.8 Å². The van der Waals surface area contributed by atoms with Crippen molar-refractivity contribution in [2.75, 3.05) is 7.11 Å². The maximum Gasteiger partial charge on any atom is 0.200 e. The lowest BCUT2D eigenvalue weighted by Gasteiger charge is -2.11. The van der Waals surface area contributed by atoms with Gasteiger partial charge in [-0.25, -0.2) is 4.39 Å². The van der Waals surface area contributed by atoms with Crippen LogP contribution in [0.2, 0.25) is 0 Å². The zero-order valence-corrected chi connectivity index (χ0v) is 11.9. The summed E-state index contributed by atoms with van der Waals surface area (Å²) in [4.78, 5) is 3.98. The van der Waals surface area contributed by atoms with E-state index in [4.69, 9.17) is 17.0 Å². The molecule has 1 N–H and O–H groups in total. The van der Waals surface area contributed by atoms with E-state index in [1.165, 1.54) is 19.2 Å². The summed E-state index contributed by atoms with van der Waals surface area (Å²) in [6.45, 7) is 0. The highest BCUT2D eigenvalue weighted by atomic mass is 32.1. The van der Waals surface area contributed by atoms with Crippen molar-refractivity contribution >= 4 is 12.2 Å². The third-order valence-electron chi connectivity index (χ3n) is 2.99. The van der Waals surface area contributed by atoms with E-state index in [1.807, 2.05) is 12.1 Å². The van der Waals surface area contributed by atoms with Gasteiger partial charge in [0.05, 0.1) is 12.8 Å². The number of benzene rings is 1. The molecule has 5 nitrogen and oxygen atoms in total. The van der Waals surface area contributed by atoms with E-state index < -0.39 is 0 Å². The minimum Gasteiger partial charge on any atom is -0.494 e. The molecule has 21 heavy (non-hydrogen) atoms. The van der Waals surface area contributed by atoms with Crippen molar-refractivity contribution in [3.05, 3.63) is 53.3 Å². The minimum absolute atomic E-state index is 0.378. The van der Waals surface area contributed by atoms with Gasteiger partial charge in [-0.05, 0) is 36.5 Å². The molecule has 1 aromatic carbocycles. The molecule has 0 atom stereocenters. The summed E-state index contributed by atoms with van der Waals surface area (Å²) in [7, 11) is 1.48. The lowest BCUT2D eigenvalue weighted by Crippen LogP contribution is -2.01. The van der Waals surface area contributed by atoms with Crippen LogP contribution in [0.15, 0.2) is 42.7 Å². The van der Waals surface area contributed by atoms with Crippen LogP contribution in [0.4, 0.5) is 4.39 Å². The van der Waals surface area contributed by atoms with Gasteiger partial charge < -0.3 is 4.74 Å². The van der Waals surface area contributed by atoms with E-state index in [2.05, 4.69) is 15.2 Å². The predicted octanol–water partition coefficient (Wildman–Crippen LogP) is 3.14. The summed E-state index contributed by atoms with van der Waals surface area (Å²) in [6.07, 6.45) is 3.33. The standard InChI is InChI=1S/C14H11FN4OS/c1-20-12-8-10(15)2-3-11(12)19-13(17-18-14(19)21)9-4-6-16-7-5-9/h2-8H,1H3,(H,18,21). The summed E-state index contributed by atoms with van der Waals surface area (Å²) >= 11 is 5.28. The van der Waals surface area contributed by atoms with E-state index in [9.17, 15) is 4.39 Å². The molecule has 0 saturated carbocycles. The molecule has 0 aliphatic rings. The van der Waals surface area contributed by atoms with Gasteiger partial charge in [-0.15, -0.1) is 0 Å². The average molecular weight is 302 g/mol. The van der Waals surface area contributed by atoms with Gasteiger partial charge in [0.2, 0.25) is 0 Å². The SMILES string of the molecule is COc1cc(F)ccc1-n1c(-c2ccncc2)n[nH]c1=S. The fraction of sp³-hybridized carbons (Fsp3) is 0.0714. The maximum atomic E-state index is 13.4. The molecular formula is C14H11FN4OS. The van der Waals surface area contributed by atoms with Gasteiger partial charge in [-0.3, -0.25) is 14.6 Å². The topological polar surface area (TPSA) is 55.7 Å². The Bertz CT molecular complexity index is 828. The van der Waals surface area contributed by atoms with Crippen LogP contribution in [0.5, 0.6) is 5.75 Å². The molecule has 2 heterocycles. The molecule has 0 aliphatic carbocycles. The number of aromatic amines is 1. The first-order valence-corrected chi connectivity index (χ1v) is 6.53. The number of methoxy groups -OCH3 is 1. The van der Waals surface area contributed by atoms with Crippen LogP contribution in [-0.2, 0) is 0 Å². The van der Waals surface area contributed by atoms with Gasteiger partial charge in [0.15, 0.2) is 10.6 Å². The molecule has 0 radical (unpaired) electrons. The van der Waals surface area contributed by atoms with Gasteiger partial charge >= 0.3 is 0 Å². The molecule has 3 rings (SSSR count). The number of rotatable bonds is 3. The molecule has 0 spiro atoms. The highest BCUT2D eigenvalue weighted by Gasteiger charge is 2.14. The Morgan fingerprint density at radius 2 is 2.00 bits per heavy atom. The molecule has 0 aliphatic heterocycles. The van der Waals surface area contributed by atoms with E-state index in [-0.39, 0.29) is 5.82 Å². The molecule has 2 aromatic heterocycles. The quantitative estimate of drug-likeness (QED) is 0.755. The minimum atomic E-state index is -0.379. The van der Waals surface area contributed by atoms with Gasteiger partial charge in [-0.1, -0.05) is 0 Å². The van der Waals surface area contributed by atoms with Crippen molar-refractivity contribution < 1.29 is 9.13 Å². The van der Waals surface area contributed by atoms with E-state index in [0.717, 1.165) is 5.56 Å². The van der Waals surface area contributed by atoms with Gasteiger partial charge in [0, 0.05) is 24.0 Å². The third kappa shape index (κ3) is 2.43. The van der Waals surface area contributed by atoms with Crippen LogP contribution < -0.4 is 4.74 Å². The highest BCUT2D eigenvalue weighted by molar-refractivity contribution is 7.71. The molecule has 0 fully saturated rings. The average Bonchev–Trinajstić information content (AvgIpc) is 2.89. The zero-order valence-electron chi connectivity index (χ0n) is 11.1. The number of ether oxygens (including phenoxy) is 1. The molecule has 106 valence electrons. The Morgan fingerprint density at radius 1 is 1.24 bits per heavy atom. The van der Waals surface area contributed by atoms with Crippen LogP contribution in [0.3, 0.4) is 0 Å². The number of halogens is 1. The Morgan fingerprint density at radius 3 is 2.71 bits per heavy atom. The van der Waals surface area contributed by atoms with Gasteiger partial charge in [-0.2, -0.15) is 5.10 Å². The maximum absolute atomic E-state index is 13.4. The molecule has 0 bridgehead atoms. The molecule has 0 saturated heterocycles. The highest BCUT2D eigenvalue weighted by Crippen LogP contribution is 2.28. The Labute approximate surface area is 125 Å². The summed E-state index contributed by atoms with van der Waals surface area (Å²) in [5.41, 5.74) is 1.45. The monoisotopic (exact) mass is 302 g/mol. The second-order valence-corrected chi connectivity index (χ2v) is 4.63. The first-order valence-electron chi connectivity index (χ1n) is 6.12. The molecular weight excluding hydrogens is 291 g/mol. The largest absolute Gasteiger partial charge is 0.494 e. The van der Waals surface area contributed by atoms with Gasteiger partial charge in [0.25, 0.3) is 0 Å². The van der Waals surface area contributed by atoms with Crippen LogP contribution in [0.25, 0.3) is 17.1 Å². The van der Waals surface area contributed by atoms with Crippen molar-refractivity contribution in [1.29, 1.82) is 0 Å². The second kappa shape index (κ2) is 5.45. The fourth-order valence-electron chi connectivity index (χ4n) is 2.05. The lowest BCUT2D eigenvalue weighted by atomic mass is 10.2. The summed E-state index contributed by atoms with van der Waals surface area (Å²) in [6, 6.07) is 7.89. The van der Waals surface area contributed by atoms with Crippen LogP contribution in [0, 0.1) is 10.6 Å². The number of nitrogens with one attached hydrogen (secondary N) is 1.